The van der Waals surface area contributed by atoms with Crippen molar-refractivity contribution < 1.29 is 21.6 Å². The van der Waals surface area contributed by atoms with Gasteiger partial charge in [0, 0.05) is 18.4 Å². The minimum absolute atomic E-state index is 0.0318. The van der Waals surface area contributed by atoms with Crippen LogP contribution in [-0.2, 0) is 22.6 Å². The van der Waals surface area contributed by atoms with Crippen molar-refractivity contribution in [1.82, 2.24) is 9.97 Å². The molecular weight excluding hydrogens is 463 g/mol. The van der Waals surface area contributed by atoms with E-state index in [0.717, 1.165) is 29.0 Å². The molecule has 0 unspecified atom stereocenters. The second-order valence-corrected chi connectivity index (χ2v) is 9.69. The van der Waals surface area contributed by atoms with Crippen molar-refractivity contribution in [3.63, 3.8) is 0 Å². The van der Waals surface area contributed by atoms with Gasteiger partial charge in [-0.3, -0.25) is 0 Å². The highest BCUT2D eigenvalue weighted by Gasteiger charge is 2.33. The zero-order chi connectivity index (χ0) is 24.3. The van der Waals surface area contributed by atoms with Gasteiger partial charge in [-0.1, -0.05) is 66.7 Å². The Hall–Kier alpha value is -3.72. The summed E-state index contributed by atoms with van der Waals surface area (Å²) in [6, 6.07) is 23.8. The Bertz CT molecular complexity index is 1390. The number of halogens is 3. The zero-order valence-electron chi connectivity index (χ0n) is 18.0. The standard InChI is InChI=1S/C25H20F3N3O2S/c1-34(32,33)21-13-11-20(12-14-21)22-15-23(25(26,27)28)31-24(30-22)29-16-17-7-9-19(10-8-17)18-5-3-2-4-6-18/h2-15H,16H2,1H3,(H,29,30,31). The molecular formula is C25H20F3N3O2S. The van der Waals surface area contributed by atoms with E-state index >= 15 is 0 Å². The summed E-state index contributed by atoms with van der Waals surface area (Å²) in [4.78, 5) is 7.91. The van der Waals surface area contributed by atoms with Crippen LogP contribution in [0.25, 0.3) is 22.4 Å². The molecule has 4 rings (SSSR count). The molecule has 1 N–H and O–H groups in total. The van der Waals surface area contributed by atoms with E-state index in [0.29, 0.717) is 5.56 Å². The fourth-order valence-corrected chi connectivity index (χ4v) is 3.95. The number of anilines is 1. The smallest absolute Gasteiger partial charge is 0.350 e. The first-order valence-electron chi connectivity index (χ1n) is 10.2. The molecule has 0 radical (unpaired) electrons. The molecule has 0 bridgehead atoms. The maximum atomic E-state index is 13.5. The van der Waals surface area contributed by atoms with Crippen LogP contribution in [-0.4, -0.2) is 24.6 Å². The first-order chi connectivity index (χ1) is 16.1. The molecule has 4 aromatic rings. The number of hydrogen-bond donors (Lipinski definition) is 1. The molecule has 5 nitrogen and oxygen atoms in total. The highest BCUT2D eigenvalue weighted by atomic mass is 32.2. The molecule has 0 aliphatic heterocycles. The highest BCUT2D eigenvalue weighted by Crippen LogP contribution is 2.31. The molecule has 0 atom stereocenters. The average Bonchev–Trinajstić information content (AvgIpc) is 2.82. The number of rotatable bonds is 6. The topological polar surface area (TPSA) is 72.0 Å². The maximum Gasteiger partial charge on any atom is 0.433 e. The second-order valence-electron chi connectivity index (χ2n) is 7.67. The number of nitrogens with one attached hydrogen (secondary N) is 1. The predicted octanol–water partition coefficient (Wildman–Crippen LogP) is 5.85. The molecule has 9 heteroatoms. The molecule has 0 spiro atoms. The van der Waals surface area contributed by atoms with E-state index in [-0.39, 0.29) is 23.1 Å². The lowest BCUT2D eigenvalue weighted by molar-refractivity contribution is -0.141. The molecule has 174 valence electrons. The van der Waals surface area contributed by atoms with Crippen molar-refractivity contribution in [2.24, 2.45) is 0 Å². The van der Waals surface area contributed by atoms with E-state index in [4.69, 9.17) is 0 Å². The fourth-order valence-electron chi connectivity index (χ4n) is 3.32. The first-order valence-corrected chi connectivity index (χ1v) is 12.1. The predicted molar refractivity (Wildman–Crippen MR) is 125 cm³/mol. The van der Waals surface area contributed by atoms with Crippen LogP contribution >= 0.6 is 0 Å². The van der Waals surface area contributed by atoms with Crippen LogP contribution < -0.4 is 5.32 Å². The lowest BCUT2D eigenvalue weighted by Gasteiger charge is -2.12. The van der Waals surface area contributed by atoms with Crippen LogP contribution in [0.1, 0.15) is 11.3 Å². The fraction of sp³-hybridized carbons (Fsp3) is 0.120. The molecule has 0 saturated carbocycles. The lowest BCUT2D eigenvalue weighted by atomic mass is 10.0. The van der Waals surface area contributed by atoms with Gasteiger partial charge in [-0.2, -0.15) is 13.2 Å². The normalized spacial score (nSPS) is 11.9. The monoisotopic (exact) mass is 483 g/mol. The van der Waals surface area contributed by atoms with Gasteiger partial charge >= 0.3 is 6.18 Å². The number of hydrogen-bond acceptors (Lipinski definition) is 5. The third-order valence-corrected chi connectivity index (χ3v) is 6.23. The SMILES string of the molecule is CS(=O)(=O)c1ccc(-c2cc(C(F)(F)F)nc(NCc3ccc(-c4ccccc4)cc3)n2)cc1. The lowest BCUT2D eigenvalue weighted by Crippen LogP contribution is -2.12. The summed E-state index contributed by atoms with van der Waals surface area (Å²) in [5.41, 5.74) is 2.22. The van der Waals surface area contributed by atoms with Crippen LogP contribution in [0.2, 0.25) is 0 Å². The Balaban J connectivity index is 1.58. The summed E-state index contributed by atoms with van der Waals surface area (Å²) in [5, 5.41) is 2.86. The van der Waals surface area contributed by atoms with E-state index in [1.807, 2.05) is 54.6 Å². The molecule has 1 aromatic heterocycles. The molecule has 0 aliphatic rings. The third-order valence-electron chi connectivity index (χ3n) is 5.11. The molecule has 0 amide bonds. The summed E-state index contributed by atoms with van der Waals surface area (Å²) in [7, 11) is -3.43. The molecule has 0 saturated heterocycles. The van der Waals surface area contributed by atoms with Gasteiger partial charge in [0.05, 0.1) is 10.6 Å². The van der Waals surface area contributed by atoms with E-state index in [1.54, 1.807) is 0 Å². The largest absolute Gasteiger partial charge is 0.433 e. The van der Waals surface area contributed by atoms with E-state index in [9.17, 15) is 21.6 Å². The van der Waals surface area contributed by atoms with Gasteiger partial charge in [-0.15, -0.1) is 0 Å². The number of sulfone groups is 1. The van der Waals surface area contributed by atoms with Gasteiger partial charge in [0.2, 0.25) is 5.95 Å². The summed E-state index contributed by atoms with van der Waals surface area (Å²) >= 11 is 0. The van der Waals surface area contributed by atoms with Crippen LogP contribution in [0.5, 0.6) is 0 Å². The number of alkyl halides is 3. The Labute approximate surface area is 195 Å². The molecule has 0 fully saturated rings. The number of benzene rings is 3. The molecule has 0 aliphatic carbocycles. The van der Waals surface area contributed by atoms with Crippen molar-refractivity contribution in [2.45, 2.75) is 17.6 Å². The Morgan fingerprint density at radius 3 is 1.97 bits per heavy atom. The van der Waals surface area contributed by atoms with Crippen molar-refractivity contribution in [3.8, 4) is 22.4 Å². The highest BCUT2D eigenvalue weighted by molar-refractivity contribution is 7.90. The molecule has 3 aromatic carbocycles. The summed E-state index contributed by atoms with van der Waals surface area (Å²) < 4.78 is 63.7. The van der Waals surface area contributed by atoms with Crippen LogP contribution in [0.3, 0.4) is 0 Å². The van der Waals surface area contributed by atoms with Gasteiger partial charge in [-0.05, 0) is 34.9 Å². The second kappa shape index (κ2) is 9.26. The molecule has 34 heavy (non-hydrogen) atoms. The zero-order valence-corrected chi connectivity index (χ0v) is 18.9. The minimum atomic E-state index is -4.67. The van der Waals surface area contributed by atoms with Crippen molar-refractivity contribution in [2.75, 3.05) is 11.6 Å². The third kappa shape index (κ3) is 5.60. The van der Waals surface area contributed by atoms with Crippen molar-refractivity contribution in [3.05, 3.63) is 96.2 Å². The van der Waals surface area contributed by atoms with Crippen molar-refractivity contribution >= 4 is 15.8 Å². The van der Waals surface area contributed by atoms with E-state index < -0.39 is 21.7 Å². The summed E-state index contributed by atoms with van der Waals surface area (Å²) in [6.07, 6.45) is -3.61. The van der Waals surface area contributed by atoms with Crippen LogP contribution in [0.15, 0.2) is 89.8 Å². The van der Waals surface area contributed by atoms with Gasteiger partial charge in [-0.25, -0.2) is 18.4 Å². The van der Waals surface area contributed by atoms with E-state index in [1.165, 1.54) is 24.3 Å². The number of nitrogens with zero attached hydrogens (tertiary/aromatic N) is 2. The summed E-state index contributed by atoms with van der Waals surface area (Å²) in [6.45, 7) is 0.225. The van der Waals surface area contributed by atoms with Gasteiger partial charge in [0.15, 0.2) is 15.5 Å². The van der Waals surface area contributed by atoms with Crippen LogP contribution in [0, 0.1) is 0 Å². The van der Waals surface area contributed by atoms with Gasteiger partial charge in [0.25, 0.3) is 0 Å². The number of aromatic nitrogens is 2. The van der Waals surface area contributed by atoms with Crippen LogP contribution in [0.4, 0.5) is 19.1 Å². The Morgan fingerprint density at radius 1 is 0.794 bits per heavy atom. The van der Waals surface area contributed by atoms with Gasteiger partial charge in [0.1, 0.15) is 0 Å². The quantitative estimate of drug-likeness (QED) is 0.373. The maximum absolute atomic E-state index is 13.5. The molecule has 1 heterocycles. The first kappa shape index (κ1) is 23.4. The Kier molecular flexibility index (Phi) is 6.39. The minimum Gasteiger partial charge on any atom is -0.350 e. The summed E-state index contributed by atoms with van der Waals surface area (Å²) in [5.74, 6) is -0.177. The van der Waals surface area contributed by atoms with Gasteiger partial charge < -0.3 is 5.32 Å². The van der Waals surface area contributed by atoms with Crippen molar-refractivity contribution in [1.29, 1.82) is 0 Å². The average molecular weight is 484 g/mol. The van der Waals surface area contributed by atoms with E-state index in [2.05, 4.69) is 15.3 Å². The Morgan fingerprint density at radius 2 is 1.38 bits per heavy atom.